The van der Waals surface area contributed by atoms with E-state index in [4.69, 9.17) is 32.7 Å². The third-order valence-electron chi connectivity index (χ3n) is 6.18. The lowest BCUT2D eigenvalue weighted by Gasteiger charge is -2.24. The quantitative estimate of drug-likeness (QED) is 0.401. The van der Waals surface area contributed by atoms with Gasteiger partial charge in [-0.05, 0) is 51.2 Å². The minimum Gasteiger partial charge on any atom is -0.493 e. The number of methoxy groups -OCH3 is 1. The van der Waals surface area contributed by atoms with Crippen LogP contribution in [-0.2, 0) is 0 Å². The van der Waals surface area contributed by atoms with Crippen molar-refractivity contribution in [3.05, 3.63) is 45.7 Å². The first-order valence-electron chi connectivity index (χ1n) is 11.4. The third kappa shape index (κ3) is 5.53. The molecule has 0 radical (unpaired) electrons. The van der Waals surface area contributed by atoms with Crippen molar-refractivity contribution in [1.29, 1.82) is 0 Å². The van der Waals surface area contributed by atoms with E-state index in [1.165, 1.54) is 24.1 Å². The molecule has 1 heterocycles. The number of hydrogen-bond acceptors (Lipinski definition) is 5. The Kier molecular flexibility index (Phi) is 8.90. The van der Waals surface area contributed by atoms with Gasteiger partial charge in [0.15, 0.2) is 11.5 Å². The first-order valence-corrected chi connectivity index (χ1v) is 12.1. The second-order valence-electron chi connectivity index (χ2n) is 8.64. The van der Waals surface area contributed by atoms with Gasteiger partial charge in [0.05, 0.1) is 30.0 Å². The molecule has 1 aliphatic rings. The second kappa shape index (κ2) is 11.5. The fourth-order valence-electron chi connectivity index (χ4n) is 3.99. The van der Waals surface area contributed by atoms with E-state index in [1.54, 1.807) is 19.2 Å². The Balaban J connectivity index is 1.84. The van der Waals surface area contributed by atoms with Gasteiger partial charge in [-0.1, -0.05) is 36.5 Å². The summed E-state index contributed by atoms with van der Waals surface area (Å²) in [5.74, 6) is -0.198. The molecule has 2 aromatic rings. The second-order valence-corrected chi connectivity index (χ2v) is 9.39. The Labute approximate surface area is 211 Å². The summed E-state index contributed by atoms with van der Waals surface area (Å²) in [7, 11) is 7.10. The Morgan fingerprint density at radius 3 is 2.53 bits per heavy atom. The molecule has 186 valence electrons. The van der Waals surface area contributed by atoms with E-state index in [2.05, 4.69) is 4.90 Å². The van der Waals surface area contributed by atoms with Gasteiger partial charge in [-0.25, -0.2) is 4.39 Å². The van der Waals surface area contributed by atoms with Gasteiger partial charge >= 0.3 is 0 Å². The average Bonchev–Trinajstić information content (AvgIpc) is 3.31. The van der Waals surface area contributed by atoms with Crippen molar-refractivity contribution in [1.82, 2.24) is 4.90 Å². The van der Waals surface area contributed by atoms with E-state index < -0.39 is 5.91 Å². The maximum atomic E-state index is 15.0. The van der Waals surface area contributed by atoms with Crippen molar-refractivity contribution < 1.29 is 18.7 Å². The highest BCUT2D eigenvalue weighted by Gasteiger charge is 2.27. The van der Waals surface area contributed by atoms with Crippen LogP contribution in [-0.4, -0.2) is 64.8 Å². The van der Waals surface area contributed by atoms with Crippen LogP contribution in [0.4, 0.5) is 15.8 Å². The summed E-state index contributed by atoms with van der Waals surface area (Å²) < 4.78 is 26.2. The molecule has 0 aromatic heterocycles. The van der Waals surface area contributed by atoms with Crippen LogP contribution in [0, 0.1) is 5.82 Å². The SMILES string of the molecule is CCCCOc1c(OC)cc(C(=O)N(C)c2ccc(N3CCC(N(C)C)C3)c(F)c2)c(Cl)c1Cl. The molecule has 1 unspecified atom stereocenters. The molecule has 0 saturated carbocycles. The summed E-state index contributed by atoms with van der Waals surface area (Å²) >= 11 is 12.9. The summed E-state index contributed by atoms with van der Waals surface area (Å²) in [4.78, 5) is 18.8. The van der Waals surface area contributed by atoms with Crippen LogP contribution in [0.1, 0.15) is 36.5 Å². The van der Waals surface area contributed by atoms with E-state index in [0.717, 1.165) is 32.4 Å². The van der Waals surface area contributed by atoms with Crippen LogP contribution >= 0.6 is 23.2 Å². The molecule has 0 N–H and O–H groups in total. The average molecular weight is 512 g/mol. The predicted octanol–water partition coefficient (Wildman–Crippen LogP) is 5.74. The largest absolute Gasteiger partial charge is 0.493 e. The zero-order valence-electron chi connectivity index (χ0n) is 20.3. The maximum absolute atomic E-state index is 15.0. The van der Waals surface area contributed by atoms with Crippen LogP contribution in [0.25, 0.3) is 0 Å². The van der Waals surface area contributed by atoms with E-state index in [9.17, 15) is 4.79 Å². The molecular weight excluding hydrogens is 480 g/mol. The number of unbranched alkanes of at least 4 members (excludes halogenated alkanes) is 1. The first-order chi connectivity index (χ1) is 16.2. The third-order valence-corrected chi connectivity index (χ3v) is 7.03. The molecule has 1 aliphatic heterocycles. The molecule has 1 amide bonds. The lowest BCUT2D eigenvalue weighted by molar-refractivity contribution is 0.0992. The molecule has 1 atom stereocenters. The number of hydrogen-bond donors (Lipinski definition) is 0. The van der Waals surface area contributed by atoms with Gasteiger partial charge in [-0.2, -0.15) is 0 Å². The van der Waals surface area contributed by atoms with Gasteiger partial charge in [-0.3, -0.25) is 4.79 Å². The molecule has 9 heteroatoms. The minimum atomic E-state index is -0.439. The van der Waals surface area contributed by atoms with Crippen molar-refractivity contribution in [2.24, 2.45) is 0 Å². The van der Waals surface area contributed by atoms with Crippen molar-refractivity contribution in [3.63, 3.8) is 0 Å². The Bertz CT molecular complexity index is 1030. The zero-order chi connectivity index (χ0) is 25.0. The van der Waals surface area contributed by atoms with E-state index in [0.29, 0.717) is 35.5 Å². The van der Waals surface area contributed by atoms with Crippen LogP contribution < -0.4 is 19.3 Å². The van der Waals surface area contributed by atoms with E-state index >= 15 is 4.39 Å². The van der Waals surface area contributed by atoms with Crippen molar-refractivity contribution in [2.45, 2.75) is 32.2 Å². The first kappa shape index (κ1) is 26.4. The van der Waals surface area contributed by atoms with Crippen molar-refractivity contribution in [2.75, 3.05) is 57.7 Å². The molecule has 0 aliphatic carbocycles. The van der Waals surface area contributed by atoms with Crippen LogP contribution in [0.15, 0.2) is 24.3 Å². The fraction of sp³-hybridized carbons (Fsp3) is 0.480. The van der Waals surface area contributed by atoms with Crippen LogP contribution in [0.2, 0.25) is 10.0 Å². The number of likely N-dealkylation sites (N-methyl/N-ethyl adjacent to an activating group) is 1. The van der Waals surface area contributed by atoms with Crippen molar-refractivity contribution in [3.8, 4) is 11.5 Å². The molecule has 2 aromatic carbocycles. The van der Waals surface area contributed by atoms with Crippen molar-refractivity contribution >= 4 is 40.5 Å². The van der Waals surface area contributed by atoms with Crippen LogP contribution in [0.3, 0.4) is 0 Å². The van der Waals surface area contributed by atoms with Gasteiger partial charge in [0, 0.05) is 31.9 Å². The molecule has 3 rings (SSSR count). The summed E-state index contributed by atoms with van der Waals surface area (Å²) in [6.45, 7) is 4.05. The smallest absolute Gasteiger partial charge is 0.259 e. The lowest BCUT2D eigenvalue weighted by atomic mass is 10.1. The molecule has 0 bridgehead atoms. The summed E-state index contributed by atoms with van der Waals surface area (Å²) in [5, 5.41) is 0.176. The molecule has 1 fully saturated rings. The Morgan fingerprint density at radius 2 is 1.94 bits per heavy atom. The van der Waals surface area contributed by atoms with Gasteiger partial charge in [0.25, 0.3) is 5.91 Å². The summed E-state index contributed by atoms with van der Waals surface area (Å²) in [5.41, 5.74) is 1.08. The molecule has 0 spiro atoms. The number of nitrogens with zero attached hydrogens (tertiary/aromatic N) is 3. The number of halogens is 3. The highest BCUT2D eigenvalue weighted by molar-refractivity contribution is 6.45. The Hall–Kier alpha value is -2.22. The molecular formula is C25H32Cl2FN3O3. The Morgan fingerprint density at radius 1 is 1.21 bits per heavy atom. The van der Waals surface area contributed by atoms with Gasteiger partial charge in [0.1, 0.15) is 10.8 Å². The number of carbonyl (C=O) groups excluding carboxylic acids is 1. The number of ether oxygens (including phenoxy) is 2. The lowest BCUT2D eigenvalue weighted by Crippen LogP contribution is -2.31. The zero-order valence-corrected chi connectivity index (χ0v) is 21.8. The monoisotopic (exact) mass is 511 g/mol. The van der Waals surface area contributed by atoms with E-state index in [-0.39, 0.29) is 21.4 Å². The normalized spacial score (nSPS) is 15.7. The maximum Gasteiger partial charge on any atom is 0.259 e. The number of amides is 1. The van der Waals surface area contributed by atoms with E-state index in [1.807, 2.05) is 25.9 Å². The topological polar surface area (TPSA) is 45.3 Å². The van der Waals surface area contributed by atoms with Gasteiger partial charge in [-0.15, -0.1) is 0 Å². The standard InChI is InChI=1S/C25H32Cl2FN3O3/c1-6-7-12-34-24-21(33-5)14-18(22(26)23(24)27)25(32)30(4)16-8-9-20(19(28)13-16)31-11-10-17(15-31)29(2)3/h8-9,13-14,17H,6-7,10-12,15H2,1-5H3. The number of rotatable bonds is 9. The number of carbonyl (C=O) groups is 1. The predicted molar refractivity (Wildman–Crippen MR) is 137 cm³/mol. The summed E-state index contributed by atoms with van der Waals surface area (Å²) in [6, 6.07) is 6.70. The number of anilines is 2. The van der Waals surface area contributed by atoms with Gasteiger partial charge in [0.2, 0.25) is 0 Å². The number of benzene rings is 2. The summed E-state index contributed by atoms with van der Waals surface area (Å²) in [6.07, 6.45) is 2.78. The molecule has 34 heavy (non-hydrogen) atoms. The molecule has 1 saturated heterocycles. The van der Waals surface area contributed by atoms with Gasteiger partial charge < -0.3 is 24.2 Å². The molecule has 6 nitrogen and oxygen atoms in total. The highest BCUT2D eigenvalue weighted by Crippen LogP contribution is 2.43. The minimum absolute atomic E-state index is 0.0645. The highest BCUT2D eigenvalue weighted by atomic mass is 35.5. The fourth-order valence-corrected chi connectivity index (χ4v) is 4.46. The van der Waals surface area contributed by atoms with Crippen LogP contribution in [0.5, 0.6) is 11.5 Å².